The van der Waals surface area contributed by atoms with Crippen molar-refractivity contribution in [1.29, 1.82) is 0 Å². The second kappa shape index (κ2) is 6.41. The van der Waals surface area contributed by atoms with Gasteiger partial charge in [-0.25, -0.2) is 5.48 Å². The van der Waals surface area contributed by atoms with Crippen LogP contribution >= 0.6 is 11.8 Å². The van der Waals surface area contributed by atoms with E-state index in [4.69, 9.17) is 5.21 Å². The number of rotatable bonds is 4. The smallest absolute Gasteiger partial charge is 0.274 e. The van der Waals surface area contributed by atoms with Crippen molar-refractivity contribution >= 4 is 17.7 Å². The van der Waals surface area contributed by atoms with Crippen molar-refractivity contribution in [3.63, 3.8) is 0 Å². The Bertz CT molecular complexity index is 540. The van der Waals surface area contributed by atoms with Crippen LogP contribution in [0.4, 0.5) is 0 Å². The molecule has 0 saturated carbocycles. The van der Waals surface area contributed by atoms with E-state index in [0.29, 0.717) is 10.8 Å². The zero-order valence-electron chi connectivity index (χ0n) is 10.5. The van der Waals surface area contributed by atoms with E-state index in [9.17, 15) is 4.79 Å². The lowest BCUT2D eigenvalue weighted by atomic mass is 10.1. The van der Waals surface area contributed by atoms with E-state index in [1.54, 1.807) is 29.4 Å². The third kappa shape index (κ3) is 3.59. The summed E-state index contributed by atoms with van der Waals surface area (Å²) in [5.41, 5.74) is 3.21. The summed E-state index contributed by atoms with van der Waals surface area (Å²) in [7, 11) is 0. The van der Waals surface area contributed by atoms with E-state index in [-0.39, 0.29) is 0 Å². The second-order valence-electron chi connectivity index (χ2n) is 4.14. The summed E-state index contributed by atoms with van der Waals surface area (Å²) < 4.78 is 0. The van der Waals surface area contributed by atoms with Gasteiger partial charge < -0.3 is 0 Å². The van der Waals surface area contributed by atoms with Gasteiger partial charge in [0.15, 0.2) is 0 Å². The quantitative estimate of drug-likeness (QED) is 0.508. The van der Waals surface area contributed by atoms with Crippen molar-refractivity contribution in [2.75, 3.05) is 0 Å². The lowest BCUT2D eigenvalue weighted by Gasteiger charge is -2.12. The van der Waals surface area contributed by atoms with Crippen molar-refractivity contribution < 1.29 is 10.0 Å². The highest BCUT2D eigenvalue weighted by Gasteiger charge is 2.09. The summed E-state index contributed by atoms with van der Waals surface area (Å²) in [6.45, 7) is 2.12. The average Bonchev–Trinajstić information content (AvgIpc) is 2.47. The van der Waals surface area contributed by atoms with Crippen LogP contribution < -0.4 is 5.48 Å². The Morgan fingerprint density at radius 1 is 1.11 bits per heavy atom. The summed E-state index contributed by atoms with van der Waals surface area (Å²) in [6, 6.07) is 17.4. The first-order valence-electron chi connectivity index (χ1n) is 5.97. The number of carbonyl (C=O) groups is 1. The molecule has 2 rings (SSSR count). The van der Waals surface area contributed by atoms with Crippen LogP contribution in [0.5, 0.6) is 0 Å². The molecule has 1 amide bonds. The fraction of sp³-hybridized carbons (Fsp3) is 0.133. The highest BCUT2D eigenvalue weighted by atomic mass is 32.2. The van der Waals surface area contributed by atoms with Crippen LogP contribution in [0.25, 0.3) is 0 Å². The van der Waals surface area contributed by atoms with Gasteiger partial charge in [0.2, 0.25) is 0 Å². The predicted molar refractivity (Wildman–Crippen MR) is 76.4 cm³/mol. The molecule has 2 aromatic carbocycles. The highest BCUT2D eigenvalue weighted by Crippen LogP contribution is 2.34. The number of carbonyl (C=O) groups excluding carboxylic acids is 1. The standard InChI is InChI=1S/C15H15NO2S/c1-11(19-14-5-3-2-4-6-14)12-7-9-13(10-8-12)15(17)16-18/h2-11,18H,1H3,(H,16,17). The van der Waals surface area contributed by atoms with Crippen LogP contribution in [-0.2, 0) is 0 Å². The van der Waals surface area contributed by atoms with E-state index in [2.05, 4.69) is 19.1 Å². The molecule has 1 atom stereocenters. The zero-order valence-corrected chi connectivity index (χ0v) is 11.4. The minimum absolute atomic E-state index is 0.300. The first-order chi connectivity index (χ1) is 9.20. The molecule has 0 spiro atoms. The molecule has 19 heavy (non-hydrogen) atoms. The number of hydrogen-bond acceptors (Lipinski definition) is 3. The Labute approximate surface area is 116 Å². The second-order valence-corrected chi connectivity index (χ2v) is 5.55. The maximum absolute atomic E-state index is 11.2. The summed E-state index contributed by atoms with van der Waals surface area (Å²) in [5.74, 6) is -0.491. The van der Waals surface area contributed by atoms with E-state index in [0.717, 1.165) is 5.56 Å². The molecular weight excluding hydrogens is 258 g/mol. The topological polar surface area (TPSA) is 49.3 Å². The molecule has 0 aliphatic heterocycles. The third-order valence-electron chi connectivity index (χ3n) is 2.80. The van der Waals surface area contributed by atoms with Crippen LogP contribution in [0, 0.1) is 0 Å². The predicted octanol–water partition coefficient (Wildman–Crippen LogP) is 3.66. The fourth-order valence-corrected chi connectivity index (χ4v) is 2.76. The van der Waals surface area contributed by atoms with Crippen molar-refractivity contribution in [3.8, 4) is 0 Å². The van der Waals surface area contributed by atoms with Crippen LogP contribution in [-0.4, -0.2) is 11.1 Å². The molecule has 0 aliphatic carbocycles. The molecule has 1 unspecified atom stereocenters. The molecule has 0 bridgehead atoms. The lowest BCUT2D eigenvalue weighted by Crippen LogP contribution is -2.18. The summed E-state index contributed by atoms with van der Waals surface area (Å²) in [6.07, 6.45) is 0. The molecule has 4 heteroatoms. The van der Waals surface area contributed by atoms with E-state index in [1.165, 1.54) is 4.90 Å². The van der Waals surface area contributed by atoms with Crippen molar-refractivity contribution in [2.45, 2.75) is 17.1 Å². The molecule has 0 radical (unpaired) electrons. The Hall–Kier alpha value is -1.78. The van der Waals surface area contributed by atoms with Crippen LogP contribution in [0.3, 0.4) is 0 Å². The van der Waals surface area contributed by atoms with Gasteiger partial charge in [0.1, 0.15) is 0 Å². The van der Waals surface area contributed by atoms with E-state index in [1.807, 2.05) is 30.3 Å². The van der Waals surface area contributed by atoms with Crippen molar-refractivity contribution in [2.24, 2.45) is 0 Å². The van der Waals surface area contributed by atoms with Gasteiger partial charge in [0.25, 0.3) is 5.91 Å². The minimum atomic E-state index is -0.491. The van der Waals surface area contributed by atoms with Crippen LogP contribution in [0.1, 0.15) is 28.1 Å². The largest absolute Gasteiger partial charge is 0.288 e. The Morgan fingerprint density at radius 3 is 2.32 bits per heavy atom. The molecule has 0 fully saturated rings. The van der Waals surface area contributed by atoms with Gasteiger partial charge in [-0.1, -0.05) is 30.3 Å². The summed E-state index contributed by atoms with van der Waals surface area (Å²) >= 11 is 1.77. The minimum Gasteiger partial charge on any atom is -0.288 e. The number of thioether (sulfide) groups is 1. The zero-order chi connectivity index (χ0) is 13.7. The summed E-state index contributed by atoms with van der Waals surface area (Å²) in [4.78, 5) is 12.4. The van der Waals surface area contributed by atoms with Crippen molar-refractivity contribution in [3.05, 3.63) is 65.7 Å². The van der Waals surface area contributed by atoms with Crippen molar-refractivity contribution in [1.82, 2.24) is 5.48 Å². The molecule has 0 saturated heterocycles. The number of hydrogen-bond donors (Lipinski definition) is 2. The van der Waals surface area contributed by atoms with Gasteiger partial charge >= 0.3 is 0 Å². The molecule has 3 nitrogen and oxygen atoms in total. The van der Waals surface area contributed by atoms with Gasteiger partial charge in [-0.3, -0.25) is 10.0 Å². The molecule has 0 aromatic heterocycles. The third-order valence-corrected chi connectivity index (χ3v) is 3.97. The number of nitrogens with one attached hydrogen (secondary N) is 1. The lowest BCUT2D eigenvalue weighted by molar-refractivity contribution is 0.0706. The molecular formula is C15H15NO2S. The maximum atomic E-state index is 11.2. The summed E-state index contributed by atoms with van der Waals surface area (Å²) in [5, 5.41) is 8.86. The number of amides is 1. The Kier molecular flexibility index (Phi) is 4.60. The molecule has 0 aliphatic rings. The van der Waals surface area contributed by atoms with Crippen LogP contribution in [0.2, 0.25) is 0 Å². The average molecular weight is 273 g/mol. The first-order valence-corrected chi connectivity index (χ1v) is 6.85. The number of benzene rings is 2. The van der Waals surface area contributed by atoms with Gasteiger partial charge in [-0.05, 0) is 36.8 Å². The Morgan fingerprint density at radius 2 is 1.74 bits per heavy atom. The maximum Gasteiger partial charge on any atom is 0.274 e. The fourth-order valence-electron chi connectivity index (χ4n) is 1.74. The van der Waals surface area contributed by atoms with E-state index >= 15 is 0 Å². The first kappa shape index (κ1) is 13.6. The van der Waals surface area contributed by atoms with Gasteiger partial charge in [0, 0.05) is 15.7 Å². The SMILES string of the molecule is CC(Sc1ccccc1)c1ccc(C(=O)NO)cc1. The molecule has 2 N–H and O–H groups in total. The van der Waals surface area contributed by atoms with Crippen LogP contribution in [0.15, 0.2) is 59.5 Å². The molecule has 98 valence electrons. The normalized spacial score (nSPS) is 11.9. The van der Waals surface area contributed by atoms with Gasteiger partial charge in [-0.15, -0.1) is 11.8 Å². The molecule has 0 heterocycles. The monoisotopic (exact) mass is 273 g/mol. The Balaban J connectivity index is 2.07. The number of hydroxylamine groups is 1. The van der Waals surface area contributed by atoms with Gasteiger partial charge in [-0.2, -0.15) is 0 Å². The highest BCUT2D eigenvalue weighted by molar-refractivity contribution is 7.99. The van der Waals surface area contributed by atoms with E-state index < -0.39 is 5.91 Å². The molecule has 2 aromatic rings. The van der Waals surface area contributed by atoms with Gasteiger partial charge in [0.05, 0.1) is 0 Å².